The number of hydrogen-bond acceptors (Lipinski definition) is 5. The fourth-order valence-corrected chi connectivity index (χ4v) is 2.51. The average molecular weight is 364 g/mol. The molecule has 138 valence electrons. The zero-order valence-corrected chi connectivity index (χ0v) is 14.3. The number of hydrogen-bond donors (Lipinski definition) is 1. The highest BCUT2D eigenvalue weighted by atomic mass is 19.3. The van der Waals surface area contributed by atoms with Gasteiger partial charge in [0.05, 0.1) is 6.61 Å². The van der Waals surface area contributed by atoms with Crippen molar-refractivity contribution >= 4 is 17.5 Å². The van der Waals surface area contributed by atoms with Crippen molar-refractivity contribution in [2.45, 2.75) is 39.0 Å². The Kier molecular flexibility index (Phi) is 4.97. The minimum absolute atomic E-state index is 0.0658. The lowest BCUT2D eigenvalue weighted by Gasteiger charge is -2.06. The van der Waals surface area contributed by atoms with Crippen LogP contribution in [-0.2, 0) is 9.53 Å². The first-order valence-electron chi connectivity index (χ1n) is 8.24. The van der Waals surface area contributed by atoms with Gasteiger partial charge in [0, 0.05) is 29.5 Å². The minimum atomic E-state index is -2.74. The first-order chi connectivity index (χ1) is 12.4. The molecule has 0 spiro atoms. The molecule has 1 amide bonds. The van der Waals surface area contributed by atoms with E-state index < -0.39 is 18.3 Å². The number of esters is 1. The number of alkyl halides is 2. The van der Waals surface area contributed by atoms with Crippen LogP contribution in [0.1, 0.15) is 60.9 Å². The highest BCUT2D eigenvalue weighted by Crippen LogP contribution is 2.40. The Morgan fingerprint density at radius 2 is 2.15 bits per heavy atom. The number of allylic oxidation sites excluding steroid dienone is 1. The van der Waals surface area contributed by atoms with E-state index in [1.807, 2.05) is 0 Å². The molecule has 0 saturated heterocycles. The van der Waals surface area contributed by atoms with Crippen molar-refractivity contribution in [1.29, 1.82) is 0 Å². The van der Waals surface area contributed by atoms with Crippen molar-refractivity contribution < 1.29 is 23.1 Å². The molecule has 26 heavy (non-hydrogen) atoms. The Labute approximate surface area is 148 Å². The summed E-state index contributed by atoms with van der Waals surface area (Å²) in [5.74, 6) is -1.02. The van der Waals surface area contributed by atoms with Gasteiger partial charge in [0.15, 0.2) is 11.3 Å². The molecule has 2 heterocycles. The van der Waals surface area contributed by atoms with Crippen LogP contribution in [0.25, 0.3) is 5.65 Å². The molecule has 0 unspecified atom stereocenters. The number of carbonyl (C=O) groups excluding carboxylic acids is 2. The standard InChI is InChI=1S/C17H18F2N4O3/c1-3-26-15(24)6-9(2)20-17(25)12-8-14-21-11(10-4-5-10)7-13(16(18)19)23(14)22-12/h6-8,10,16H,3-5H2,1-2H3,(H,20,25)/b9-6+. The summed E-state index contributed by atoms with van der Waals surface area (Å²) in [7, 11) is 0. The molecule has 1 saturated carbocycles. The quantitative estimate of drug-likeness (QED) is 0.629. The van der Waals surface area contributed by atoms with E-state index in [2.05, 4.69) is 15.4 Å². The lowest BCUT2D eigenvalue weighted by atomic mass is 10.2. The lowest BCUT2D eigenvalue weighted by Crippen LogP contribution is -2.23. The molecule has 2 aromatic rings. The van der Waals surface area contributed by atoms with Gasteiger partial charge in [0.25, 0.3) is 12.3 Å². The summed E-state index contributed by atoms with van der Waals surface area (Å²) in [4.78, 5) is 28.0. The van der Waals surface area contributed by atoms with Gasteiger partial charge in [-0.15, -0.1) is 0 Å². The maximum absolute atomic E-state index is 13.3. The van der Waals surface area contributed by atoms with Gasteiger partial charge in [-0.2, -0.15) is 5.10 Å². The summed E-state index contributed by atoms with van der Waals surface area (Å²) in [6.45, 7) is 3.40. The summed E-state index contributed by atoms with van der Waals surface area (Å²) < 4.78 is 32.4. The molecule has 1 aliphatic carbocycles. The smallest absolute Gasteiger partial charge is 0.332 e. The van der Waals surface area contributed by atoms with E-state index in [-0.39, 0.29) is 35.3 Å². The summed E-state index contributed by atoms with van der Waals surface area (Å²) in [6, 6.07) is 2.70. The van der Waals surface area contributed by atoms with Crippen LogP contribution >= 0.6 is 0 Å². The normalized spacial score (nSPS) is 14.7. The Hall–Kier alpha value is -2.84. The van der Waals surface area contributed by atoms with Crippen LogP contribution in [-0.4, -0.2) is 33.1 Å². The zero-order valence-electron chi connectivity index (χ0n) is 14.3. The van der Waals surface area contributed by atoms with Crippen molar-refractivity contribution in [1.82, 2.24) is 19.9 Å². The number of nitrogens with zero attached hydrogens (tertiary/aromatic N) is 3. The SMILES string of the molecule is CCOC(=O)/C=C(\C)NC(=O)c1cc2nc(C3CC3)cc(C(F)F)n2n1. The second-order valence-corrected chi connectivity index (χ2v) is 6.01. The molecule has 2 aromatic heterocycles. The van der Waals surface area contributed by atoms with E-state index in [1.54, 1.807) is 6.92 Å². The maximum Gasteiger partial charge on any atom is 0.332 e. The predicted molar refractivity (Wildman–Crippen MR) is 87.8 cm³/mol. The fourth-order valence-electron chi connectivity index (χ4n) is 2.51. The Morgan fingerprint density at radius 1 is 1.42 bits per heavy atom. The molecule has 1 fully saturated rings. The Balaban J connectivity index is 1.87. The minimum Gasteiger partial charge on any atom is -0.463 e. The highest BCUT2D eigenvalue weighted by molar-refractivity contribution is 5.95. The van der Waals surface area contributed by atoms with Crippen molar-refractivity contribution in [3.05, 3.63) is 41.0 Å². The Morgan fingerprint density at radius 3 is 2.77 bits per heavy atom. The number of aromatic nitrogens is 3. The van der Waals surface area contributed by atoms with E-state index in [4.69, 9.17) is 4.74 Å². The van der Waals surface area contributed by atoms with Gasteiger partial charge in [0.1, 0.15) is 5.69 Å². The van der Waals surface area contributed by atoms with E-state index in [0.29, 0.717) is 5.69 Å². The van der Waals surface area contributed by atoms with Crippen LogP contribution in [0, 0.1) is 0 Å². The zero-order chi connectivity index (χ0) is 18.8. The van der Waals surface area contributed by atoms with E-state index in [0.717, 1.165) is 23.4 Å². The first kappa shape index (κ1) is 18.0. The summed E-state index contributed by atoms with van der Waals surface area (Å²) >= 11 is 0. The van der Waals surface area contributed by atoms with Gasteiger partial charge in [-0.25, -0.2) is 23.1 Å². The van der Waals surface area contributed by atoms with Crippen LogP contribution in [0.15, 0.2) is 23.9 Å². The van der Waals surface area contributed by atoms with Crippen LogP contribution in [0.4, 0.5) is 8.78 Å². The van der Waals surface area contributed by atoms with Crippen molar-refractivity contribution in [2.75, 3.05) is 6.61 Å². The van der Waals surface area contributed by atoms with Gasteiger partial charge in [-0.1, -0.05) is 0 Å². The van der Waals surface area contributed by atoms with Gasteiger partial charge in [-0.3, -0.25) is 4.79 Å². The highest BCUT2D eigenvalue weighted by Gasteiger charge is 2.28. The third kappa shape index (κ3) is 3.87. The molecule has 0 bridgehead atoms. The molecule has 0 aliphatic heterocycles. The Bertz CT molecular complexity index is 888. The fraction of sp³-hybridized carbons (Fsp3) is 0.412. The molecule has 9 heteroatoms. The van der Waals surface area contributed by atoms with Gasteiger partial charge >= 0.3 is 5.97 Å². The van der Waals surface area contributed by atoms with Crippen LogP contribution in [0.5, 0.6) is 0 Å². The van der Waals surface area contributed by atoms with Gasteiger partial charge < -0.3 is 10.1 Å². The number of amides is 1. The van der Waals surface area contributed by atoms with Crippen LogP contribution in [0.2, 0.25) is 0 Å². The molecular weight excluding hydrogens is 346 g/mol. The summed E-state index contributed by atoms with van der Waals surface area (Å²) in [5, 5.41) is 6.42. The number of fused-ring (bicyclic) bond motifs is 1. The third-order valence-corrected chi connectivity index (χ3v) is 3.86. The van der Waals surface area contributed by atoms with Crippen LogP contribution in [0.3, 0.4) is 0 Å². The molecule has 0 radical (unpaired) electrons. The molecular formula is C17H18F2N4O3. The second kappa shape index (κ2) is 7.19. The number of halogens is 2. The molecule has 1 N–H and O–H groups in total. The van der Waals surface area contributed by atoms with Crippen molar-refractivity contribution in [3.63, 3.8) is 0 Å². The van der Waals surface area contributed by atoms with E-state index in [1.165, 1.54) is 19.1 Å². The maximum atomic E-state index is 13.3. The van der Waals surface area contributed by atoms with Gasteiger partial charge in [-0.05, 0) is 32.8 Å². The molecule has 1 aliphatic rings. The largest absolute Gasteiger partial charge is 0.463 e. The van der Waals surface area contributed by atoms with E-state index >= 15 is 0 Å². The number of nitrogens with one attached hydrogen (secondary N) is 1. The third-order valence-electron chi connectivity index (χ3n) is 3.86. The topological polar surface area (TPSA) is 85.6 Å². The number of rotatable bonds is 6. The molecule has 0 atom stereocenters. The molecule has 0 aromatic carbocycles. The lowest BCUT2D eigenvalue weighted by molar-refractivity contribution is -0.137. The van der Waals surface area contributed by atoms with Gasteiger partial charge in [0.2, 0.25) is 0 Å². The second-order valence-electron chi connectivity index (χ2n) is 6.01. The van der Waals surface area contributed by atoms with E-state index in [9.17, 15) is 18.4 Å². The molecule has 7 nitrogen and oxygen atoms in total. The predicted octanol–water partition coefficient (Wildman–Crippen LogP) is 2.74. The average Bonchev–Trinajstić information content (AvgIpc) is 3.32. The summed E-state index contributed by atoms with van der Waals surface area (Å²) in [5.41, 5.74) is 0.685. The van der Waals surface area contributed by atoms with Crippen LogP contribution < -0.4 is 5.32 Å². The monoisotopic (exact) mass is 364 g/mol. The number of ether oxygens (including phenoxy) is 1. The number of carbonyl (C=O) groups is 2. The molecule has 3 rings (SSSR count). The van der Waals surface area contributed by atoms with Crippen molar-refractivity contribution in [2.24, 2.45) is 0 Å². The first-order valence-corrected chi connectivity index (χ1v) is 8.24. The van der Waals surface area contributed by atoms with Crippen molar-refractivity contribution in [3.8, 4) is 0 Å². The summed E-state index contributed by atoms with van der Waals surface area (Å²) in [6.07, 6.45) is 0.237.